The van der Waals surface area contributed by atoms with Crippen LogP contribution in [0.3, 0.4) is 0 Å². The van der Waals surface area contributed by atoms with Crippen molar-refractivity contribution in [3.63, 3.8) is 0 Å². The average Bonchev–Trinajstić information content (AvgIpc) is 3.15. The van der Waals surface area contributed by atoms with E-state index in [1.54, 1.807) is 0 Å². The van der Waals surface area contributed by atoms with E-state index in [-0.39, 0.29) is 48.0 Å². The predicted molar refractivity (Wildman–Crippen MR) is 95.0 cm³/mol. The summed E-state index contributed by atoms with van der Waals surface area (Å²) in [5.41, 5.74) is 0. The van der Waals surface area contributed by atoms with E-state index >= 15 is 0 Å². The van der Waals surface area contributed by atoms with E-state index in [0.717, 1.165) is 30.9 Å². The fraction of sp³-hybridized carbons (Fsp3) is 0.636. The average molecular weight is 457 g/mol. The van der Waals surface area contributed by atoms with E-state index in [1.807, 2.05) is 0 Å². The fourth-order valence-corrected chi connectivity index (χ4v) is 11.2. The normalized spacial score (nSPS) is 41.4. The van der Waals surface area contributed by atoms with Crippen LogP contribution in [0, 0.1) is 23.7 Å². The number of halogens is 2. The minimum Gasteiger partial charge on any atom is -1.00 e. The van der Waals surface area contributed by atoms with Crippen molar-refractivity contribution in [2.24, 2.45) is 23.7 Å². The third kappa shape index (κ3) is 5.24. The van der Waals surface area contributed by atoms with Crippen LogP contribution in [0.2, 0.25) is 7.25 Å². The van der Waals surface area contributed by atoms with Gasteiger partial charge >= 0.3 is 154 Å². The Bertz CT molecular complexity index is 476. The van der Waals surface area contributed by atoms with Crippen LogP contribution >= 0.6 is 0 Å². The summed E-state index contributed by atoms with van der Waals surface area (Å²) in [5.74, 6) is 3.51. The Hall–Kier alpha value is 0.423. The molecule has 0 heterocycles. The molecule has 3 heteroatoms. The Morgan fingerprint density at radius 3 is 1.56 bits per heavy atom. The molecule has 0 fully saturated rings. The summed E-state index contributed by atoms with van der Waals surface area (Å²) >= 11 is -0.362. The van der Waals surface area contributed by atoms with Gasteiger partial charge in [0.1, 0.15) is 0 Å². The van der Waals surface area contributed by atoms with Crippen molar-refractivity contribution >= 4 is 0 Å². The van der Waals surface area contributed by atoms with Crippen molar-refractivity contribution in [1.29, 1.82) is 0 Å². The molecule has 4 rings (SSSR count). The van der Waals surface area contributed by atoms with Crippen molar-refractivity contribution in [2.75, 3.05) is 0 Å². The molecule has 0 N–H and O–H groups in total. The molecule has 0 aromatic carbocycles. The van der Waals surface area contributed by atoms with E-state index in [1.165, 1.54) is 51.4 Å². The van der Waals surface area contributed by atoms with Gasteiger partial charge < -0.3 is 24.8 Å². The molecule has 0 bridgehead atoms. The van der Waals surface area contributed by atoms with Crippen LogP contribution in [0.5, 0.6) is 0 Å². The molecule has 136 valence electrons. The van der Waals surface area contributed by atoms with Gasteiger partial charge in [-0.05, 0) is 0 Å². The van der Waals surface area contributed by atoms with Crippen LogP contribution in [0.15, 0.2) is 48.6 Å². The molecular weight excluding hydrogens is 426 g/mol. The van der Waals surface area contributed by atoms with Crippen molar-refractivity contribution < 1.29 is 48.0 Å². The Balaban J connectivity index is 0.00000113. The van der Waals surface area contributed by atoms with Gasteiger partial charge in [0, 0.05) is 0 Å². The summed E-state index contributed by atoms with van der Waals surface area (Å²) in [5, 5.41) is 0. The minimum atomic E-state index is -0.362. The minimum absolute atomic E-state index is 0. The van der Waals surface area contributed by atoms with Crippen LogP contribution in [-0.2, 0) is 23.2 Å². The Labute approximate surface area is 178 Å². The topological polar surface area (TPSA) is 0 Å². The summed E-state index contributed by atoms with van der Waals surface area (Å²) in [6, 6.07) is 0. The van der Waals surface area contributed by atoms with Gasteiger partial charge in [-0.15, -0.1) is 0 Å². The molecule has 0 aliphatic heterocycles. The van der Waals surface area contributed by atoms with Gasteiger partial charge in [-0.1, -0.05) is 0 Å². The van der Waals surface area contributed by atoms with Crippen molar-refractivity contribution in [2.45, 2.75) is 58.6 Å². The summed E-state index contributed by atoms with van der Waals surface area (Å²) in [6.07, 6.45) is 31.5. The molecule has 6 unspecified atom stereocenters. The van der Waals surface area contributed by atoms with Crippen molar-refractivity contribution in [3.05, 3.63) is 48.6 Å². The first-order chi connectivity index (χ1) is 11.4. The second-order valence-electron chi connectivity index (χ2n) is 7.91. The molecule has 4 aliphatic rings. The smallest absolute Gasteiger partial charge is 1.00 e. The van der Waals surface area contributed by atoms with Gasteiger partial charge in [0.25, 0.3) is 0 Å². The SMILES string of the molecule is C1=CC2C(/C=C\CCC[CH]2[Zr+2][CH]2CCC/C=C\C3CC=CC32)C1.[Cl-].[Cl-]. The summed E-state index contributed by atoms with van der Waals surface area (Å²) < 4.78 is 2.19. The second kappa shape index (κ2) is 10.7. The number of fused-ring (bicyclic) bond motifs is 2. The molecule has 0 saturated heterocycles. The quantitative estimate of drug-likeness (QED) is 0.532. The van der Waals surface area contributed by atoms with Gasteiger partial charge in [0.05, 0.1) is 0 Å². The van der Waals surface area contributed by atoms with Gasteiger partial charge in [0.15, 0.2) is 0 Å². The zero-order valence-electron chi connectivity index (χ0n) is 15.0. The molecule has 4 aliphatic carbocycles. The monoisotopic (exact) mass is 454 g/mol. The third-order valence-corrected chi connectivity index (χ3v) is 11.8. The maximum Gasteiger partial charge on any atom is -1.00 e. The van der Waals surface area contributed by atoms with E-state index in [0.29, 0.717) is 0 Å². The zero-order valence-corrected chi connectivity index (χ0v) is 19.0. The van der Waals surface area contributed by atoms with E-state index in [4.69, 9.17) is 0 Å². The summed E-state index contributed by atoms with van der Waals surface area (Å²) in [7, 11) is 0. The third-order valence-electron chi connectivity index (χ3n) is 6.42. The van der Waals surface area contributed by atoms with Crippen LogP contribution in [0.25, 0.3) is 0 Å². The molecule has 0 amide bonds. The first kappa shape index (κ1) is 21.7. The largest absolute Gasteiger partial charge is 1.00 e. The van der Waals surface area contributed by atoms with E-state index < -0.39 is 0 Å². The van der Waals surface area contributed by atoms with Crippen LogP contribution in [-0.4, -0.2) is 0 Å². The van der Waals surface area contributed by atoms with Crippen LogP contribution < -0.4 is 24.8 Å². The molecule has 25 heavy (non-hydrogen) atoms. The Kier molecular flexibility index (Phi) is 9.28. The van der Waals surface area contributed by atoms with Crippen molar-refractivity contribution in [3.8, 4) is 0 Å². The van der Waals surface area contributed by atoms with Crippen LogP contribution in [0.4, 0.5) is 0 Å². The molecule has 0 radical (unpaired) electrons. The molecule has 0 spiro atoms. The number of hydrogen-bond acceptors (Lipinski definition) is 0. The maximum atomic E-state index is 2.61. The fourth-order valence-electron chi connectivity index (χ4n) is 5.17. The number of hydrogen-bond donors (Lipinski definition) is 0. The summed E-state index contributed by atoms with van der Waals surface area (Å²) in [4.78, 5) is 0. The van der Waals surface area contributed by atoms with Gasteiger partial charge in [-0.3, -0.25) is 0 Å². The first-order valence-electron chi connectivity index (χ1n) is 9.84. The number of allylic oxidation sites excluding steroid dienone is 8. The summed E-state index contributed by atoms with van der Waals surface area (Å²) in [6.45, 7) is 0. The Morgan fingerprint density at radius 1 is 0.600 bits per heavy atom. The second-order valence-corrected chi connectivity index (χ2v) is 12.4. The zero-order chi connectivity index (χ0) is 15.5. The number of rotatable bonds is 2. The molecule has 6 atom stereocenters. The standard InChI is InChI=1S/2C11H15.2ClH.Zr/c2*1-2-4-7-11-9-5-8-10(11)6-3-1;;;/h2*3,5-7,9-11H,1-2,4,8H2;2*1H;/q;;;;+2/p-2/b2*6-3-;;;. The van der Waals surface area contributed by atoms with Crippen molar-refractivity contribution in [1.82, 2.24) is 0 Å². The molecular formula is C22H30Cl2Zr. The Morgan fingerprint density at radius 2 is 1.08 bits per heavy atom. The molecule has 0 aromatic rings. The first-order valence-corrected chi connectivity index (χ1v) is 12.7. The molecule has 0 aromatic heterocycles. The van der Waals surface area contributed by atoms with Gasteiger partial charge in [-0.2, -0.15) is 0 Å². The van der Waals surface area contributed by atoms with E-state index in [2.05, 4.69) is 48.6 Å². The molecule has 0 saturated carbocycles. The maximum absolute atomic E-state index is 2.61. The van der Waals surface area contributed by atoms with Gasteiger partial charge in [-0.25, -0.2) is 0 Å². The van der Waals surface area contributed by atoms with E-state index in [9.17, 15) is 0 Å². The molecule has 0 nitrogen and oxygen atoms in total. The van der Waals surface area contributed by atoms with Gasteiger partial charge in [0.2, 0.25) is 0 Å². The predicted octanol–water partition coefficient (Wildman–Crippen LogP) is 0.519. The van der Waals surface area contributed by atoms with Crippen LogP contribution in [0.1, 0.15) is 51.4 Å².